The number of nitrogens with zero attached hydrogens (tertiary/aromatic N) is 1. The fourth-order valence-electron chi connectivity index (χ4n) is 2.31. The van der Waals surface area contributed by atoms with E-state index in [9.17, 15) is 22.8 Å². The first-order valence-electron chi connectivity index (χ1n) is 6.03. The third-order valence-corrected chi connectivity index (χ3v) is 3.33. The van der Waals surface area contributed by atoms with E-state index in [-0.39, 0.29) is 18.7 Å². The molecule has 1 N–H and O–H groups in total. The monoisotopic (exact) mass is 287 g/mol. The number of hydrogen-bond acceptors (Lipinski definition) is 2. The first-order valence-corrected chi connectivity index (χ1v) is 6.03. The van der Waals surface area contributed by atoms with E-state index in [0.717, 1.165) is 11.0 Å². The summed E-state index contributed by atoms with van der Waals surface area (Å²) in [4.78, 5) is 23.5. The van der Waals surface area contributed by atoms with E-state index >= 15 is 0 Å². The standard InChI is InChI=1S/C13H12F3NO3/c14-9-2-3-10(15)13(16)8(9)6-17-7(5-12(19)20)1-4-11(17)18/h2-3,7H,1,4-6H2,(H,19,20). The second kappa shape index (κ2) is 5.52. The SMILES string of the molecule is O=C(O)CC1CCC(=O)N1Cc1c(F)ccc(F)c1F. The first-order chi connectivity index (χ1) is 9.40. The molecule has 1 fully saturated rings. The van der Waals surface area contributed by atoms with Crippen LogP contribution in [0.15, 0.2) is 12.1 Å². The van der Waals surface area contributed by atoms with E-state index in [1.54, 1.807) is 0 Å². The van der Waals surface area contributed by atoms with Gasteiger partial charge in [-0.05, 0) is 18.6 Å². The van der Waals surface area contributed by atoms with Crippen molar-refractivity contribution in [2.75, 3.05) is 0 Å². The Bertz CT molecular complexity index is 562. The molecule has 1 aromatic rings. The summed E-state index contributed by atoms with van der Waals surface area (Å²) in [7, 11) is 0. The van der Waals surface area contributed by atoms with Gasteiger partial charge in [0.25, 0.3) is 0 Å². The zero-order valence-corrected chi connectivity index (χ0v) is 10.4. The van der Waals surface area contributed by atoms with Gasteiger partial charge in [0.1, 0.15) is 5.82 Å². The largest absolute Gasteiger partial charge is 0.481 e. The number of aliphatic carboxylic acids is 1. The molecule has 0 aliphatic carbocycles. The number of carbonyl (C=O) groups is 2. The number of benzene rings is 1. The highest BCUT2D eigenvalue weighted by molar-refractivity contribution is 5.80. The fourth-order valence-corrected chi connectivity index (χ4v) is 2.31. The molecule has 1 amide bonds. The van der Waals surface area contributed by atoms with Crippen LogP contribution in [-0.2, 0) is 16.1 Å². The summed E-state index contributed by atoms with van der Waals surface area (Å²) in [6, 6.07) is 0.817. The number of halogens is 3. The molecule has 108 valence electrons. The number of carbonyl (C=O) groups excluding carboxylic acids is 1. The number of carboxylic acid groups (broad SMARTS) is 1. The smallest absolute Gasteiger partial charge is 0.305 e. The molecule has 1 aliphatic heterocycles. The van der Waals surface area contributed by atoms with Crippen molar-refractivity contribution < 1.29 is 27.9 Å². The molecule has 20 heavy (non-hydrogen) atoms. The first kappa shape index (κ1) is 14.4. The van der Waals surface area contributed by atoms with Gasteiger partial charge in [-0.15, -0.1) is 0 Å². The number of amides is 1. The van der Waals surface area contributed by atoms with Crippen LogP contribution < -0.4 is 0 Å². The lowest BCUT2D eigenvalue weighted by atomic mass is 10.1. The summed E-state index contributed by atoms with van der Waals surface area (Å²) in [5, 5.41) is 8.75. The van der Waals surface area contributed by atoms with Crippen LogP contribution in [0.1, 0.15) is 24.8 Å². The van der Waals surface area contributed by atoms with Crippen LogP contribution in [0.2, 0.25) is 0 Å². The summed E-state index contributed by atoms with van der Waals surface area (Å²) >= 11 is 0. The quantitative estimate of drug-likeness (QED) is 0.862. The molecule has 2 rings (SSSR count). The van der Waals surface area contributed by atoms with Crippen LogP contribution in [-0.4, -0.2) is 27.9 Å². The second-order valence-corrected chi connectivity index (χ2v) is 4.63. The second-order valence-electron chi connectivity index (χ2n) is 4.63. The van der Waals surface area contributed by atoms with Gasteiger partial charge >= 0.3 is 5.97 Å². The maximum absolute atomic E-state index is 13.6. The van der Waals surface area contributed by atoms with Gasteiger partial charge in [0, 0.05) is 18.0 Å². The maximum atomic E-state index is 13.6. The van der Waals surface area contributed by atoms with Gasteiger partial charge in [0.15, 0.2) is 11.6 Å². The van der Waals surface area contributed by atoms with Crippen molar-refractivity contribution in [3.05, 3.63) is 35.1 Å². The van der Waals surface area contributed by atoms with E-state index < -0.39 is 41.6 Å². The molecule has 7 heteroatoms. The molecular formula is C13H12F3NO3. The molecule has 1 aliphatic rings. The molecule has 1 heterocycles. The molecule has 0 aromatic heterocycles. The van der Waals surface area contributed by atoms with E-state index in [0.29, 0.717) is 12.5 Å². The van der Waals surface area contributed by atoms with Gasteiger partial charge < -0.3 is 10.0 Å². The van der Waals surface area contributed by atoms with Crippen LogP contribution in [0.25, 0.3) is 0 Å². The average molecular weight is 287 g/mol. The lowest BCUT2D eigenvalue weighted by Gasteiger charge is -2.24. The van der Waals surface area contributed by atoms with E-state index in [1.807, 2.05) is 0 Å². The van der Waals surface area contributed by atoms with E-state index in [2.05, 4.69) is 0 Å². The predicted octanol–water partition coefficient (Wildman–Crippen LogP) is 2.07. The maximum Gasteiger partial charge on any atom is 0.305 e. The summed E-state index contributed by atoms with van der Waals surface area (Å²) in [5.41, 5.74) is -0.560. The van der Waals surface area contributed by atoms with Gasteiger partial charge in [-0.1, -0.05) is 0 Å². The zero-order chi connectivity index (χ0) is 14.9. The van der Waals surface area contributed by atoms with Crippen molar-refractivity contribution in [3.8, 4) is 0 Å². The third kappa shape index (κ3) is 2.76. The summed E-state index contributed by atoms with van der Waals surface area (Å²) in [6.07, 6.45) is 0.129. The van der Waals surface area contributed by atoms with Crippen LogP contribution in [0.5, 0.6) is 0 Å². The molecule has 1 unspecified atom stereocenters. The van der Waals surface area contributed by atoms with Crippen molar-refractivity contribution in [1.29, 1.82) is 0 Å². The Kier molecular flexibility index (Phi) is 3.96. The van der Waals surface area contributed by atoms with Gasteiger partial charge in [-0.2, -0.15) is 0 Å². The number of likely N-dealkylation sites (tertiary alicyclic amines) is 1. The highest BCUT2D eigenvalue weighted by Crippen LogP contribution is 2.26. The predicted molar refractivity (Wildman–Crippen MR) is 62.1 cm³/mol. The minimum Gasteiger partial charge on any atom is -0.481 e. The van der Waals surface area contributed by atoms with Crippen molar-refractivity contribution >= 4 is 11.9 Å². The molecular weight excluding hydrogens is 275 g/mol. The van der Waals surface area contributed by atoms with Crippen molar-refractivity contribution in [2.24, 2.45) is 0 Å². The molecule has 0 bridgehead atoms. The molecule has 1 atom stereocenters. The Morgan fingerprint density at radius 1 is 1.30 bits per heavy atom. The van der Waals surface area contributed by atoms with Gasteiger partial charge in [-0.25, -0.2) is 13.2 Å². The lowest BCUT2D eigenvalue weighted by Crippen LogP contribution is -2.34. The average Bonchev–Trinajstić information content (AvgIpc) is 2.70. The summed E-state index contributed by atoms with van der Waals surface area (Å²) in [6.45, 7) is -0.466. The van der Waals surface area contributed by atoms with Crippen LogP contribution in [0.4, 0.5) is 13.2 Å². The Morgan fingerprint density at radius 3 is 2.60 bits per heavy atom. The summed E-state index contributed by atoms with van der Waals surface area (Å²) < 4.78 is 40.2. The Labute approximate surface area is 112 Å². The third-order valence-electron chi connectivity index (χ3n) is 3.33. The molecule has 0 radical (unpaired) electrons. The van der Waals surface area contributed by atoms with E-state index in [1.165, 1.54) is 0 Å². The van der Waals surface area contributed by atoms with Gasteiger partial charge in [0.2, 0.25) is 5.91 Å². The molecule has 1 saturated heterocycles. The topological polar surface area (TPSA) is 57.6 Å². The minimum atomic E-state index is -1.35. The zero-order valence-electron chi connectivity index (χ0n) is 10.4. The highest BCUT2D eigenvalue weighted by atomic mass is 19.2. The molecule has 0 saturated carbocycles. The van der Waals surface area contributed by atoms with Crippen LogP contribution in [0.3, 0.4) is 0 Å². The molecule has 4 nitrogen and oxygen atoms in total. The lowest BCUT2D eigenvalue weighted by molar-refractivity contribution is -0.139. The van der Waals surface area contributed by atoms with Crippen LogP contribution >= 0.6 is 0 Å². The Morgan fingerprint density at radius 2 is 1.95 bits per heavy atom. The van der Waals surface area contributed by atoms with Crippen LogP contribution in [0, 0.1) is 17.5 Å². The van der Waals surface area contributed by atoms with Gasteiger partial charge in [-0.3, -0.25) is 9.59 Å². The van der Waals surface area contributed by atoms with Crippen molar-refractivity contribution in [1.82, 2.24) is 4.90 Å². The normalized spacial score (nSPS) is 18.6. The van der Waals surface area contributed by atoms with Crippen molar-refractivity contribution in [2.45, 2.75) is 31.8 Å². The minimum absolute atomic E-state index is 0.122. The fraction of sp³-hybridized carbons (Fsp3) is 0.385. The Balaban J connectivity index is 2.25. The molecule has 0 spiro atoms. The van der Waals surface area contributed by atoms with E-state index in [4.69, 9.17) is 5.11 Å². The number of carboxylic acids is 1. The van der Waals surface area contributed by atoms with Crippen molar-refractivity contribution in [3.63, 3.8) is 0 Å². The summed E-state index contributed by atoms with van der Waals surface area (Å²) in [5.74, 6) is -5.01. The molecule has 1 aromatic carbocycles. The number of rotatable bonds is 4. The highest BCUT2D eigenvalue weighted by Gasteiger charge is 2.33. The number of hydrogen-bond donors (Lipinski definition) is 1. The van der Waals surface area contributed by atoms with Gasteiger partial charge in [0.05, 0.1) is 13.0 Å². The Hall–Kier alpha value is -2.05.